The zero-order valence-corrected chi connectivity index (χ0v) is 22.7. The van der Waals surface area contributed by atoms with Gasteiger partial charge < -0.3 is 19.7 Å². The van der Waals surface area contributed by atoms with E-state index >= 15 is 0 Å². The molecule has 1 aliphatic carbocycles. The van der Waals surface area contributed by atoms with Crippen LogP contribution in [0.2, 0.25) is 0 Å². The Kier molecular flexibility index (Phi) is 6.93. The fourth-order valence-electron chi connectivity index (χ4n) is 4.77. The third-order valence-corrected chi connectivity index (χ3v) is 7.28. The number of oxazole rings is 1. The molecule has 2 N–H and O–H groups in total. The number of carbonyl (C=O) groups excluding carboxylic acids is 2. The van der Waals surface area contributed by atoms with E-state index in [2.05, 4.69) is 36.5 Å². The van der Waals surface area contributed by atoms with Crippen molar-refractivity contribution in [3.05, 3.63) is 52.7 Å². The number of rotatable bonds is 7. The first kappa shape index (κ1) is 25.6. The Bertz CT molecular complexity index is 1290. The average molecular weight is 571 g/mol. The lowest BCUT2D eigenvalue weighted by Gasteiger charge is -2.34. The topological polar surface area (TPSA) is 126 Å². The van der Waals surface area contributed by atoms with E-state index in [0.717, 1.165) is 28.6 Å². The second-order valence-electron chi connectivity index (χ2n) is 10.9. The third-order valence-electron chi connectivity index (χ3n) is 6.78. The summed E-state index contributed by atoms with van der Waals surface area (Å²) in [5, 5.41) is 21.8. The van der Waals surface area contributed by atoms with E-state index in [1.807, 2.05) is 51.2 Å². The standard InChI is InChI=1S/C26H31BrN6O4/c1-26(2,3)23(33-14-19(30-31-33)15-7-8-15)25(36)32-13-18(34)10-20(32)24(35)29-12-22-28-11-21(37-22)16-5-4-6-17(27)9-16/h4-6,9,11,14-15,18,20,23,34H,7-8,10,12-13H2,1-3H3,(H,29,35)/t18-,20+,23-/m1/s1. The SMILES string of the molecule is CC(C)(C)[C@@H](C(=O)N1C[C@H](O)C[C@H]1C(=O)NCc1ncc(-c2cccc(Br)c2)o1)n1cc(C2CC2)nn1. The molecule has 2 amide bonds. The lowest BCUT2D eigenvalue weighted by Crippen LogP contribution is -2.50. The summed E-state index contributed by atoms with van der Waals surface area (Å²) in [6.07, 6.45) is 5.00. The first-order valence-electron chi connectivity index (χ1n) is 12.5. The molecule has 37 heavy (non-hydrogen) atoms. The molecule has 1 saturated heterocycles. The number of benzene rings is 1. The molecule has 0 bridgehead atoms. The molecule has 1 aromatic carbocycles. The first-order chi connectivity index (χ1) is 17.6. The van der Waals surface area contributed by atoms with Crippen LogP contribution in [0.3, 0.4) is 0 Å². The van der Waals surface area contributed by atoms with Gasteiger partial charge in [0.1, 0.15) is 12.1 Å². The van der Waals surface area contributed by atoms with E-state index < -0.39 is 23.6 Å². The third kappa shape index (κ3) is 5.62. The lowest BCUT2D eigenvalue weighted by molar-refractivity contribution is -0.144. The molecule has 196 valence electrons. The van der Waals surface area contributed by atoms with Crippen LogP contribution in [0.4, 0.5) is 0 Å². The van der Waals surface area contributed by atoms with Crippen molar-refractivity contribution in [3.63, 3.8) is 0 Å². The first-order valence-corrected chi connectivity index (χ1v) is 13.3. The van der Waals surface area contributed by atoms with E-state index in [4.69, 9.17) is 4.42 Å². The Morgan fingerprint density at radius 1 is 1.30 bits per heavy atom. The zero-order chi connectivity index (χ0) is 26.3. The van der Waals surface area contributed by atoms with Gasteiger partial charge in [-0.25, -0.2) is 9.67 Å². The number of aliphatic hydroxyl groups is 1. The second-order valence-corrected chi connectivity index (χ2v) is 11.8. The number of aliphatic hydroxyl groups excluding tert-OH is 1. The number of carbonyl (C=O) groups is 2. The van der Waals surface area contributed by atoms with E-state index in [-0.39, 0.29) is 31.3 Å². The van der Waals surface area contributed by atoms with E-state index in [9.17, 15) is 14.7 Å². The molecule has 0 spiro atoms. The Labute approximate surface area is 223 Å². The largest absolute Gasteiger partial charge is 0.439 e. The van der Waals surface area contributed by atoms with Crippen LogP contribution in [0, 0.1) is 5.41 Å². The minimum Gasteiger partial charge on any atom is -0.439 e. The zero-order valence-electron chi connectivity index (χ0n) is 21.1. The van der Waals surface area contributed by atoms with Crippen molar-refractivity contribution in [1.82, 2.24) is 30.2 Å². The van der Waals surface area contributed by atoms with Crippen molar-refractivity contribution in [2.45, 2.75) is 70.7 Å². The van der Waals surface area contributed by atoms with Gasteiger partial charge in [0.05, 0.1) is 24.5 Å². The molecule has 2 fully saturated rings. The van der Waals surface area contributed by atoms with Gasteiger partial charge in [-0.1, -0.05) is 54.0 Å². The van der Waals surface area contributed by atoms with Crippen molar-refractivity contribution in [3.8, 4) is 11.3 Å². The lowest BCUT2D eigenvalue weighted by atomic mass is 9.85. The molecular weight excluding hydrogens is 540 g/mol. The van der Waals surface area contributed by atoms with Gasteiger partial charge in [-0.05, 0) is 30.4 Å². The number of likely N-dealkylation sites (tertiary alicyclic amines) is 1. The summed E-state index contributed by atoms with van der Waals surface area (Å²) >= 11 is 3.44. The summed E-state index contributed by atoms with van der Waals surface area (Å²) < 4.78 is 8.34. The van der Waals surface area contributed by atoms with Crippen molar-refractivity contribution in [2.75, 3.05) is 6.54 Å². The maximum atomic E-state index is 13.8. The van der Waals surface area contributed by atoms with Crippen LogP contribution < -0.4 is 5.32 Å². The number of aromatic nitrogens is 4. The molecule has 3 atom stereocenters. The van der Waals surface area contributed by atoms with Crippen molar-refractivity contribution in [1.29, 1.82) is 0 Å². The number of amides is 2. The molecule has 3 heterocycles. The number of nitrogens with one attached hydrogen (secondary N) is 1. The highest BCUT2D eigenvalue weighted by atomic mass is 79.9. The van der Waals surface area contributed by atoms with Gasteiger partial charge in [0.15, 0.2) is 5.76 Å². The molecular formula is C26H31BrN6O4. The van der Waals surface area contributed by atoms with Crippen LogP contribution in [0.15, 0.2) is 45.5 Å². The van der Waals surface area contributed by atoms with Gasteiger partial charge in [-0.3, -0.25) is 9.59 Å². The molecule has 0 radical (unpaired) electrons. The molecule has 2 aromatic heterocycles. The molecule has 11 heteroatoms. The molecule has 10 nitrogen and oxygen atoms in total. The predicted molar refractivity (Wildman–Crippen MR) is 138 cm³/mol. The normalized spacial score (nSPS) is 20.7. The number of nitrogens with zero attached hydrogens (tertiary/aromatic N) is 5. The summed E-state index contributed by atoms with van der Waals surface area (Å²) in [5.41, 5.74) is 1.27. The average Bonchev–Trinajstić information content (AvgIpc) is 3.22. The summed E-state index contributed by atoms with van der Waals surface area (Å²) in [5.74, 6) is 0.727. The van der Waals surface area contributed by atoms with Crippen molar-refractivity contribution in [2.24, 2.45) is 5.41 Å². The van der Waals surface area contributed by atoms with Crippen LogP contribution in [-0.4, -0.2) is 60.5 Å². The Balaban J connectivity index is 1.28. The fourth-order valence-corrected chi connectivity index (χ4v) is 5.17. The van der Waals surface area contributed by atoms with E-state index in [1.165, 1.54) is 4.90 Å². The number of hydrogen-bond acceptors (Lipinski definition) is 7. The second kappa shape index (κ2) is 10.0. The molecule has 1 aliphatic heterocycles. The van der Waals surface area contributed by atoms with E-state index in [0.29, 0.717) is 17.6 Å². The quantitative estimate of drug-likeness (QED) is 0.445. The van der Waals surface area contributed by atoms with E-state index in [1.54, 1.807) is 10.9 Å². The van der Waals surface area contributed by atoms with Gasteiger partial charge in [0, 0.05) is 35.1 Å². The van der Waals surface area contributed by atoms with Crippen LogP contribution >= 0.6 is 15.9 Å². The highest BCUT2D eigenvalue weighted by molar-refractivity contribution is 9.10. The Hall–Kier alpha value is -3.05. The predicted octanol–water partition coefficient (Wildman–Crippen LogP) is 3.44. The minimum atomic E-state index is -0.807. The smallest absolute Gasteiger partial charge is 0.248 e. The summed E-state index contributed by atoms with van der Waals surface area (Å²) in [7, 11) is 0. The summed E-state index contributed by atoms with van der Waals surface area (Å²) in [4.78, 5) is 32.7. The summed E-state index contributed by atoms with van der Waals surface area (Å²) in [6, 6.07) is 6.18. The highest BCUT2D eigenvalue weighted by Crippen LogP contribution is 2.40. The molecule has 3 aromatic rings. The summed E-state index contributed by atoms with van der Waals surface area (Å²) in [6.45, 7) is 6.03. The van der Waals surface area contributed by atoms with Gasteiger partial charge in [0.2, 0.25) is 17.7 Å². The van der Waals surface area contributed by atoms with Gasteiger partial charge in [0.25, 0.3) is 0 Å². The van der Waals surface area contributed by atoms with Crippen LogP contribution in [0.1, 0.15) is 63.6 Å². The molecule has 2 aliphatic rings. The van der Waals surface area contributed by atoms with Gasteiger partial charge in [-0.2, -0.15) is 0 Å². The molecule has 1 saturated carbocycles. The van der Waals surface area contributed by atoms with Crippen molar-refractivity contribution >= 4 is 27.7 Å². The minimum absolute atomic E-state index is 0.0674. The fraction of sp³-hybridized carbons (Fsp3) is 0.500. The number of halogens is 1. The number of β-amino-alcohol motifs (C(OH)–C–C–N with tert-alkyl or cyclic N) is 1. The van der Waals surface area contributed by atoms with Gasteiger partial charge in [-0.15, -0.1) is 5.10 Å². The number of hydrogen-bond donors (Lipinski definition) is 2. The Morgan fingerprint density at radius 2 is 2.08 bits per heavy atom. The monoisotopic (exact) mass is 570 g/mol. The highest BCUT2D eigenvalue weighted by Gasteiger charge is 2.45. The van der Waals surface area contributed by atoms with Gasteiger partial charge >= 0.3 is 0 Å². The molecule has 5 rings (SSSR count). The maximum Gasteiger partial charge on any atom is 0.248 e. The Morgan fingerprint density at radius 3 is 2.78 bits per heavy atom. The maximum absolute atomic E-state index is 13.8. The van der Waals surface area contributed by atoms with Crippen LogP contribution in [0.5, 0.6) is 0 Å². The van der Waals surface area contributed by atoms with Crippen molar-refractivity contribution < 1.29 is 19.1 Å². The van der Waals surface area contributed by atoms with Crippen LogP contribution in [-0.2, 0) is 16.1 Å². The molecule has 0 unspecified atom stereocenters. The van der Waals surface area contributed by atoms with Crippen LogP contribution in [0.25, 0.3) is 11.3 Å².